The van der Waals surface area contributed by atoms with Crippen LogP contribution in [0, 0.1) is 12.7 Å². The Kier molecular flexibility index (Phi) is 5.27. The number of hydrogen-bond donors (Lipinski definition) is 2. The lowest BCUT2D eigenvalue weighted by Gasteiger charge is -2.04. The maximum absolute atomic E-state index is 13.2. The van der Waals surface area contributed by atoms with E-state index in [1.807, 2.05) is 0 Å². The van der Waals surface area contributed by atoms with Crippen LogP contribution in [0.5, 0.6) is 0 Å². The maximum atomic E-state index is 13.2. The van der Waals surface area contributed by atoms with Gasteiger partial charge in [0.2, 0.25) is 5.13 Å². The van der Waals surface area contributed by atoms with Crippen LogP contribution in [-0.2, 0) is 5.75 Å². The number of amides is 2. The molecule has 3 aromatic heterocycles. The number of urea groups is 1. The number of carbonyl (C=O) groups excluding carboxylic acids is 1. The Morgan fingerprint density at radius 1 is 1.28 bits per heavy atom. The van der Waals surface area contributed by atoms with Gasteiger partial charge in [0, 0.05) is 23.6 Å². The van der Waals surface area contributed by atoms with Crippen molar-refractivity contribution in [2.75, 3.05) is 10.6 Å². The summed E-state index contributed by atoms with van der Waals surface area (Å²) in [6.07, 6.45) is 0. The van der Waals surface area contributed by atoms with Crippen molar-refractivity contribution in [3.05, 3.63) is 64.0 Å². The van der Waals surface area contributed by atoms with Crippen molar-refractivity contribution >= 4 is 45.6 Å². The Labute approximate surface area is 170 Å². The molecule has 29 heavy (non-hydrogen) atoms. The van der Waals surface area contributed by atoms with Crippen molar-refractivity contribution in [2.45, 2.75) is 17.0 Å². The summed E-state index contributed by atoms with van der Waals surface area (Å²) in [5, 5.41) is 13.2. The average Bonchev–Trinajstić information content (AvgIpc) is 3.26. The summed E-state index contributed by atoms with van der Waals surface area (Å²) in [7, 11) is 0. The summed E-state index contributed by atoms with van der Waals surface area (Å²) in [6.45, 7) is 1.74. The van der Waals surface area contributed by atoms with Crippen LogP contribution >= 0.6 is 23.1 Å². The number of aromatic nitrogens is 4. The summed E-state index contributed by atoms with van der Waals surface area (Å²) in [5.74, 6) is 0.547. The van der Waals surface area contributed by atoms with E-state index in [0.29, 0.717) is 32.9 Å². The van der Waals surface area contributed by atoms with Gasteiger partial charge in [0.1, 0.15) is 11.6 Å². The molecule has 4 aromatic rings. The van der Waals surface area contributed by atoms with Gasteiger partial charge in [0.05, 0.1) is 5.69 Å². The van der Waals surface area contributed by atoms with Crippen LogP contribution in [-0.4, -0.2) is 25.8 Å². The van der Waals surface area contributed by atoms with Crippen LogP contribution in [0.4, 0.5) is 20.0 Å². The van der Waals surface area contributed by atoms with Gasteiger partial charge in [-0.1, -0.05) is 29.2 Å². The number of anilines is 2. The molecule has 0 aliphatic rings. The first kappa shape index (κ1) is 19.1. The smallest absolute Gasteiger partial charge is 0.325 e. The standard InChI is InChI=1S/C17H13FN6O3S2/c1-9-5-13-19-12(7-14(25)24(13)27-9)8-28-17-23-22-16(29-17)21-15(26)20-11-4-2-3-10(18)6-11/h2-7H,8H2,1H3,(H2,20,21,22,26). The topological polar surface area (TPSA) is 114 Å². The van der Waals surface area contributed by atoms with E-state index in [9.17, 15) is 14.0 Å². The van der Waals surface area contributed by atoms with E-state index in [4.69, 9.17) is 4.52 Å². The second-order valence-electron chi connectivity index (χ2n) is 5.84. The summed E-state index contributed by atoms with van der Waals surface area (Å²) in [4.78, 5) is 28.4. The normalized spacial score (nSPS) is 11.0. The lowest BCUT2D eigenvalue weighted by Crippen LogP contribution is -2.19. The largest absolute Gasteiger partial charge is 0.375 e. The highest BCUT2D eigenvalue weighted by molar-refractivity contribution is 8.00. The van der Waals surface area contributed by atoms with Crippen LogP contribution in [0.25, 0.3) is 5.65 Å². The summed E-state index contributed by atoms with van der Waals surface area (Å²) in [6, 6.07) is 8.07. The minimum atomic E-state index is -0.557. The molecule has 0 fully saturated rings. The number of benzene rings is 1. The first-order valence-corrected chi connectivity index (χ1v) is 10.1. The summed E-state index contributed by atoms with van der Waals surface area (Å²) < 4.78 is 20.1. The number of aryl methyl sites for hydroxylation is 1. The van der Waals surface area contributed by atoms with Crippen LogP contribution in [0.15, 0.2) is 50.1 Å². The van der Waals surface area contributed by atoms with E-state index in [0.717, 1.165) is 4.57 Å². The molecule has 148 valence electrons. The van der Waals surface area contributed by atoms with Crippen molar-refractivity contribution in [3.63, 3.8) is 0 Å². The molecule has 12 heteroatoms. The average molecular weight is 432 g/mol. The Balaban J connectivity index is 1.37. The van der Waals surface area contributed by atoms with Crippen molar-refractivity contribution < 1.29 is 13.7 Å². The van der Waals surface area contributed by atoms with Gasteiger partial charge in [-0.05, 0) is 25.1 Å². The molecule has 4 rings (SSSR count). The van der Waals surface area contributed by atoms with E-state index < -0.39 is 11.8 Å². The second kappa shape index (κ2) is 8.01. The van der Waals surface area contributed by atoms with Gasteiger partial charge in [-0.25, -0.2) is 14.2 Å². The van der Waals surface area contributed by atoms with Crippen LogP contribution in [0.1, 0.15) is 11.5 Å². The molecule has 9 nitrogen and oxygen atoms in total. The van der Waals surface area contributed by atoms with Gasteiger partial charge in [-0.2, -0.15) is 0 Å². The molecule has 3 heterocycles. The molecule has 0 unspecified atom stereocenters. The number of thioether (sulfide) groups is 1. The van der Waals surface area contributed by atoms with Crippen molar-refractivity contribution in [1.82, 2.24) is 19.8 Å². The second-order valence-corrected chi connectivity index (χ2v) is 8.04. The first-order valence-electron chi connectivity index (χ1n) is 8.26. The molecule has 2 amide bonds. The number of carbonyl (C=O) groups is 1. The zero-order valence-corrected chi connectivity index (χ0v) is 16.5. The fraction of sp³-hybridized carbons (Fsp3) is 0.118. The molecular weight excluding hydrogens is 419 g/mol. The van der Waals surface area contributed by atoms with Gasteiger partial charge >= 0.3 is 6.03 Å². The van der Waals surface area contributed by atoms with E-state index in [-0.39, 0.29) is 10.7 Å². The van der Waals surface area contributed by atoms with Gasteiger partial charge in [0.25, 0.3) is 5.56 Å². The molecule has 2 N–H and O–H groups in total. The predicted octanol–water partition coefficient (Wildman–Crippen LogP) is 3.52. The van der Waals surface area contributed by atoms with E-state index in [1.165, 1.54) is 47.4 Å². The van der Waals surface area contributed by atoms with Gasteiger partial charge in [-0.15, -0.1) is 14.8 Å². The maximum Gasteiger partial charge on any atom is 0.325 e. The Bertz CT molecular complexity index is 1250. The molecule has 0 aliphatic carbocycles. The van der Waals surface area contributed by atoms with Gasteiger partial charge < -0.3 is 9.84 Å². The predicted molar refractivity (Wildman–Crippen MR) is 107 cm³/mol. The number of rotatable bonds is 5. The fourth-order valence-electron chi connectivity index (χ4n) is 2.43. The summed E-state index contributed by atoms with van der Waals surface area (Å²) in [5.41, 5.74) is 1.05. The zero-order valence-electron chi connectivity index (χ0n) is 14.9. The fourth-order valence-corrected chi connectivity index (χ4v) is 4.07. The van der Waals surface area contributed by atoms with E-state index in [2.05, 4.69) is 25.8 Å². The lowest BCUT2D eigenvalue weighted by atomic mass is 10.3. The minimum Gasteiger partial charge on any atom is -0.375 e. The Morgan fingerprint density at radius 2 is 2.14 bits per heavy atom. The van der Waals surface area contributed by atoms with Gasteiger partial charge in [0.15, 0.2) is 9.99 Å². The number of halogens is 1. The monoisotopic (exact) mass is 432 g/mol. The quantitative estimate of drug-likeness (QED) is 0.366. The third-order valence-electron chi connectivity index (χ3n) is 3.58. The molecular formula is C17H13FN6O3S2. The Hall–Kier alpha value is -3.25. The van der Waals surface area contributed by atoms with Crippen LogP contribution in [0.3, 0.4) is 0 Å². The molecule has 1 aromatic carbocycles. The highest BCUT2D eigenvalue weighted by Gasteiger charge is 2.11. The zero-order chi connectivity index (χ0) is 20.4. The van der Waals surface area contributed by atoms with E-state index in [1.54, 1.807) is 19.1 Å². The Morgan fingerprint density at radius 3 is 2.97 bits per heavy atom. The van der Waals surface area contributed by atoms with Crippen molar-refractivity contribution in [1.29, 1.82) is 0 Å². The van der Waals surface area contributed by atoms with Gasteiger partial charge in [-0.3, -0.25) is 10.1 Å². The molecule has 0 saturated heterocycles. The van der Waals surface area contributed by atoms with Crippen molar-refractivity contribution in [3.8, 4) is 0 Å². The highest BCUT2D eigenvalue weighted by atomic mass is 32.2. The number of hydrogen-bond acceptors (Lipinski definition) is 8. The minimum absolute atomic E-state index is 0.287. The van der Waals surface area contributed by atoms with Crippen LogP contribution in [0.2, 0.25) is 0 Å². The van der Waals surface area contributed by atoms with Crippen LogP contribution < -0.4 is 16.2 Å². The molecule has 0 aliphatic heterocycles. The lowest BCUT2D eigenvalue weighted by molar-refractivity contribution is 0.262. The third kappa shape index (κ3) is 4.60. The SMILES string of the molecule is Cc1cc2nc(CSc3nnc(NC(=O)Nc4cccc(F)c4)s3)cc(=O)n2o1. The summed E-state index contributed by atoms with van der Waals surface area (Å²) >= 11 is 2.50. The first-order chi connectivity index (χ1) is 14.0. The number of nitrogens with zero attached hydrogens (tertiary/aromatic N) is 4. The van der Waals surface area contributed by atoms with Crippen molar-refractivity contribution in [2.24, 2.45) is 0 Å². The molecule has 0 atom stereocenters. The molecule has 0 bridgehead atoms. The van der Waals surface area contributed by atoms with E-state index >= 15 is 0 Å². The molecule has 0 saturated carbocycles. The third-order valence-corrected chi connectivity index (χ3v) is 5.58. The number of nitrogens with one attached hydrogen (secondary N) is 2. The molecule has 0 radical (unpaired) electrons. The number of fused-ring (bicyclic) bond motifs is 1. The highest BCUT2D eigenvalue weighted by Crippen LogP contribution is 2.28. The molecule has 0 spiro atoms.